The first-order valence-corrected chi connectivity index (χ1v) is 13.7. The number of nitrogens with zero attached hydrogens (tertiary/aromatic N) is 5. The Morgan fingerprint density at radius 2 is 1.79 bits per heavy atom. The van der Waals surface area contributed by atoms with Crippen LogP contribution in [0.3, 0.4) is 0 Å². The Hall–Kier alpha value is -3.88. The SMILES string of the molecule is CC.Cc1ccc(NC(=O)c2ccc(CN3CCN(C)CC3)cc2)cc1NC1N=CCC(c2cccnc2)=N1. The van der Waals surface area contributed by atoms with Gasteiger partial charge in [-0.15, -0.1) is 0 Å². The molecule has 5 rings (SSSR count). The van der Waals surface area contributed by atoms with Gasteiger partial charge in [0, 0.05) is 80.3 Å². The third-order valence-corrected chi connectivity index (χ3v) is 6.80. The van der Waals surface area contributed by atoms with Crippen LogP contribution in [0.2, 0.25) is 0 Å². The van der Waals surface area contributed by atoms with Crippen LogP contribution in [-0.4, -0.2) is 72.1 Å². The van der Waals surface area contributed by atoms with Gasteiger partial charge >= 0.3 is 0 Å². The lowest BCUT2D eigenvalue weighted by atomic mass is 10.1. The third kappa shape index (κ3) is 7.81. The van der Waals surface area contributed by atoms with Crippen molar-refractivity contribution < 1.29 is 4.79 Å². The Morgan fingerprint density at radius 1 is 1.03 bits per heavy atom. The zero-order valence-electron chi connectivity index (χ0n) is 23.4. The van der Waals surface area contributed by atoms with Crippen molar-refractivity contribution in [3.63, 3.8) is 0 Å². The summed E-state index contributed by atoms with van der Waals surface area (Å²) in [7, 11) is 2.16. The number of carbonyl (C=O) groups excluding carboxylic acids is 1. The topological polar surface area (TPSA) is 85.2 Å². The van der Waals surface area contributed by atoms with Crippen LogP contribution in [0.15, 0.2) is 77.0 Å². The molecule has 0 radical (unpaired) electrons. The number of rotatable bonds is 7. The molecule has 1 atom stereocenters. The van der Waals surface area contributed by atoms with Gasteiger partial charge in [-0.25, -0.2) is 4.99 Å². The molecule has 3 heterocycles. The number of hydrogen-bond acceptors (Lipinski definition) is 7. The Balaban J connectivity index is 0.00000172. The maximum absolute atomic E-state index is 12.9. The van der Waals surface area contributed by atoms with Crippen LogP contribution in [0.5, 0.6) is 0 Å². The number of aryl methyl sites for hydroxylation is 1. The summed E-state index contributed by atoms with van der Waals surface area (Å²) in [5.41, 5.74) is 6.44. The van der Waals surface area contributed by atoms with Crippen LogP contribution in [0.25, 0.3) is 0 Å². The summed E-state index contributed by atoms with van der Waals surface area (Å²) >= 11 is 0. The van der Waals surface area contributed by atoms with Gasteiger partial charge in [0.05, 0.1) is 5.71 Å². The highest BCUT2D eigenvalue weighted by atomic mass is 16.1. The number of hydrogen-bond donors (Lipinski definition) is 2. The molecule has 2 aliphatic rings. The Morgan fingerprint density at radius 3 is 2.51 bits per heavy atom. The highest BCUT2D eigenvalue weighted by Crippen LogP contribution is 2.23. The number of pyridine rings is 1. The van der Waals surface area contributed by atoms with Gasteiger partial charge < -0.3 is 15.5 Å². The lowest BCUT2D eigenvalue weighted by Gasteiger charge is -2.32. The molecule has 0 aliphatic carbocycles. The van der Waals surface area contributed by atoms with Gasteiger partial charge in [0.1, 0.15) is 0 Å². The van der Waals surface area contributed by atoms with Crippen molar-refractivity contribution in [2.75, 3.05) is 43.9 Å². The number of anilines is 2. The summed E-state index contributed by atoms with van der Waals surface area (Å²) < 4.78 is 0. The summed E-state index contributed by atoms with van der Waals surface area (Å²) in [6.45, 7) is 11.3. The van der Waals surface area contributed by atoms with Crippen molar-refractivity contribution >= 4 is 29.2 Å². The van der Waals surface area contributed by atoms with Gasteiger partial charge in [-0.2, -0.15) is 0 Å². The van der Waals surface area contributed by atoms with E-state index in [0.717, 1.165) is 60.9 Å². The lowest BCUT2D eigenvalue weighted by molar-refractivity contribution is 0.102. The number of benzene rings is 2. The summed E-state index contributed by atoms with van der Waals surface area (Å²) in [5, 5.41) is 6.41. The Kier molecular flexibility index (Phi) is 9.94. The number of aliphatic imine (C=N–C) groups is 2. The fourth-order valence-corrected chi connectivity index (χ4v) is 4.49. The Bertz CT molecular complexity index is 1280. The van der Waals surface area contributed by atoms with Gasteiger partial charge in [0.2, 0.25) is 6.29 Å². The lowest BCUT2D eigenvalue weighted by Crippen LogP contribution is -2.43. The van der Waals surface area contributed by atoms with Crippen LogP contribution in [0, 0.1) is 6.92 Å². The maximum Gasteiger partial charge on any atom is 0.255 e. The zero-order valence-corrected chi connectivity index (χ0v) is 23.4. The standard InChI is InChI=1S/C29H33N7O.C2H6/c1-21-5-10-25(18-27(21)34-29-31-13-11-26(33-29)24-4-3-12-30-19-24)32-28(37)23-8-6-22(7-9-23)20-36-16-14-35(2)15-17-36;1-2/h3-10,12-13,18-19,29,34H,11,14-17,20H2,1-2H3,(H,32,37);1-2H3. The Labute approximate surface area is 231 Å². The summed E-state index contributed by atoms with van der Waals surface area (Å²) in [5.74, 6) is -0.131. The number of carbonyl (C=O) groups is 1. The fraction of sp³-hybridized carbons (Fsp3) is 0.355. The first-order chi connectivity index (χ1) is 19.0. The molecule has 0 saturated carbocycles. The van der Waals surface area contributed by atoms with E-state index in [0.29, 0.717) is 12.0 Å². The van der Waals surface area contributed by atoms with Crippen LogP contribution in [0.1, 0.15) is 47.3 Å². The van der Waals surface area contributed by atoms with Crippen molar-refractivity contribution in [3.05, 3.63) is 89.2 Å². The van der Waals surface area contributed by atoms with Crippen LogP contribution >= 0.6 is 0 Å². The molecule has 0 bridgehead atoms. The van der Waals surface area contributed by atoms with Gasteiger partial charge in [0.15, 0.2) is 0 Å². The second-order valence-corrected chi connectivity index (χ2v) is 9.63. The molecule has 1 amide bonds. The van der Waals surface area contributed by atoms with E-state index >= 15 is 0 Å². The van der Waals surface area contributed by atoms with Crippen molar-refractivity contribution in [1.82, 2.24) is 14.8 Å². The minimum absolute atomic E-state index is 0.131. The molecule has 39 heavy (non-hydrogen) atoms. The number of nitrogens with one attached hydrogen (secondary N) is 2. The predicted octanol–water partition coefficient (Wildman–Crippen LogP) is 5.08. The van der Waals surface area contributed by atoms with Crippen molar-refractivity contribution in [1.29, 1.82) is 0 Å². The van der Waals surface area contributed by atoms with Crippen LogP contribution in [0.4, 0.5) is 11.4 Å². The highest BCUT2D eigenvalue weighted by molar-refractivity contribution is 6.08. The highest BCUT2D eigenvalue weighted by Gasteiger charge is 2.16. The zero-order chi connectivity index (χ0) is 27.6. The van der Waals surface area contributed by atoms with Crippen molar-refractivity contribution in [2.45, 2.75) is 40.0 Å². The number of aromatic nitrogens is 1. The quantitative estimate of drug-likeness (QED) is 0.450. The molecule has 2 N–H and O–H groups in total. The van der Waals surface area contributed by atoms with E-state index in [1.807, 2.05) is 87.8 Å². The molecule has 1 aromatic heterocycles. The molecule has 2 aromatic carbocycles. The summed E-state index contributed by atoms with van der Waals surface area (Å²) in [6, 6.07) is 17.6. The minimum atomic E-state index is -0.429. The van der Waals surface area contributed by atoms with E-state index < -0.39 is 6.29 Å². The molecule has 204 valence electrons. The molecule has 3 aromatic rings. The molecular formula is C31H39N7O. The second-order valence-electron chi connectivity index (χ2n) is 9.63. The largest absolute Gasteiger partial charge is 0.345 e. The predicted molar refractivity (Wildman–Crippen MR) is 161 cm³/mol. The van der Waals surface area contributed by atoms with Gasteiger partial charge in [-0.05, 0) is 55.4 Å². The first-order valence-electron chi connectivity index (χ1n) is 13.7. The van der Waals surface area contributed by atoms with Crippen molar-refractivity contribution in [3.8, 4) is 0 Å². The van der Waals surface area contributed by atoms with E-state index in [1.54, 1.807) is 6.20 Å². The monoisotopic (exact) mass is 525 g/mol. The van der Waals surface area contributed by atoms with Crippen LogP contribution < -0.4 is 10.6 Å². The molecular weight excluding hydrogens is 486 g/mol. The van der Waals surface area contributed by atoms with E-state index in [9.17, 15) is 4.79 Å². The second kappa shape index (κ2) is 13.8. The molecule has 1 unspecified atom stereocenters. The molecule has 1 saturated heterocycles. The number of piperazine rings is 1. The van der Waals surface area contributed by atoms with E-state index in [2.05, 4.69) is 37.5 Å². The minimum Gasteiger partial charge on any atom is -0.345 e. The van der Waals surface area contributed by atoms with Gasteiger partial charge in [-0.1, -0.05) is 38.1 Å². The molecule has 8 nitrogen and oxygen atoms in total. The first kappa shape index (κ1) is 28.1. The van der Waals surface area contributed by atoms with E-state index in [4.69, 9.17) is 4.99 Å². The maximum atomic E-state index is 12.9. The van der Waals surface area contributed by atoms with E-state index in [-0.39, 0.29) is 5.91 Å². The van der Waals surface area contributed by atoms with Crippen LogP contribution in [-0.2, 0) is 6.54 Å². The molecule has 8 heteroatoms. The normalized spacial score (nSPS) is 17.5. The summed E-state index contributed by atoms with van der Waals surface area (Å²) in [4.78, 5) is 31.2. The van der Waals surface area contributed by atoms with Gasteiger partial charge in [-0.3, -0.25) is 19.7 Å². The van der Waals surface area contributed by atoms with Crippen molar-refractivity contribution in [2.24, 2.45) is 9.98 Å². The molecule has 0 spiro atoms. The third-order valence-electron chi connectivity index (χ3n) is 6.80. The average molecular weight is 526 g/mol. The van der Waals surface area contributed by atoms with E-state index in [1.165, 1.54) is 5.56 Å². The molecule has 1 fully saturated rings. The fourth-order valence-electron chi connectivity index (χ4n) is 4.49. The number of amides is 1. The average Bonchev–Trinajstić information content (AvgIpc) is 2.98. The smallest absolute Gasteiger partial charge is 0.255 e. The van der Waals surface area contributed by atoms with Gasteiger partial charge in [0.25, 0.3) is 5.91 Å². The number of likely N-dealkylation sites (N-methyl/N-ethyl adjacent to an activating group) is 1. The molecule has 2 aliphatic heterocycles. The summed E-state index contributed by atoms with van der Waals surface area (Å²) in [6.07, 6.45) is 5.69.